The number of benzene rings is 1. The first-order valence-electron chi connectivity index (χ1n) is 3.90. The summed E-state index contributed by atoms with van der Waals surface area (Å²) in [6.45, 7) is 0. The monoisotopic (exact) mass is 242 g/mol. The van der Waals surface area contributed by atoms with Gasteiger partial charge in [0.1, 0.15) is 0 Å². The summed E-state index contributed by atoms with van der Waals surface area (Å²) >= 11 is 9.38. The van der Waals surface area contributed by atoms with Crippen LogP contribution >= 0.6 is 27.5 Å². The molecule has 0 aliphatic heterocycles. The predicted molar refractivity (Wildman–Crippen MR) is 56.7 cm³/mol. The number of hydrogen-bond donors (Lipinski definition) is 0. The standard InChI is InChI=1S/C10H8BrCl/c11-9-3-1-7-2-4-10(12)6-8(7)5-9/h2,4-6H,1,3H2. The Morgan fingerprint density at radius 2 is 2.08 bits per heavy atom. The zero-order valence-electron chi connectivity index (χ0n) is 6.48. The molecule has 0 unspecified atom stereocenters. The van der Waals surface area contributed by atoms with Crippen LogP contribution in [0.25, 0.3) is 6.08 Å². The molecule has 0 spiro atoms. The molecular weight excluding hydrogens is 235 g/mol. The summed E-state index contributed by atoms with van der Waals surface area (Å²) in [4.78, 5) is 0. The van der Waals surface area contributed by atoms with E-state index in [0.717, 1.165) is 17.9 Å². The molecule has 0 nitrogen and oxygen atoms in total. The lowest BCUT2D eigenvalue weighted by Crippen LogP contribution is -1.95. The SMILES string of the molecule is Clc1ccc2c(c1)C=C(Br)CC2. The van der Waals surface area contributed by atoms with Crippen molar-refractivity contribution in [1.29, 1.82) is 0 Å². The predicted octanol–water partition coefficient (Wildman–Crippen LogP) is 4.02. The Morgan fingerprint density at radius 1 is 1.25 bits per heavy atom. The molecule has 0 atom stereocenters. The van der Waals surface area contributed by atoms with Crippen molar-refractivity contribution in [2.45, 2.75) is 12.8 Å². The molecule has 0 radical (unpaired) electrons. The van der Waals surface area contributed by atoms with Gasteiger partial charge in [0.25, 0.3) is 0 Å². The molecule has 0 N–H and O–H groups in total. The van der Waals surface area contributed by atoms with Crippen LogP contribution in [0.15, 0.2) is 22.7 Å². The van der Waals surface area contributed by atoms with E-state index in [4.69, 9.17) is 11.6 Å². The highest BCUT2D eigenvalue weighted by Crippen LogP contribution is 2.28. The van der Waals surface area contributed by atoms with Gasteiger partial charge >= 0.3 is 0 Å². The fraction of sp³-hybridized carbons (Fsp3) is 0.200. The van der Waals surface area contributed by atoms with Crippen molar-refractivity contribution in [3.8, 4) is 0 Å². The summed E-state index contributed by atoms with van der Waals surface area (Å²) in [5.41, 5.74) is 2.64. The Morgan fingerprint density at radius 3 is 2.92 bits per heavy atom. The number of allylic oxidation sites excluding steroid dienone is 1. The van der Waals surface area contributed by atoms with Gasteiger partial charge in [-0.25, -0.2) is 0 Å². The molecule has 0 bridgehead atoms. The Kier molecular flexibility index (Phi) is 2.24. The maximum Gasteiger partial charge on any atom is 0.0412 e. The smallest absolute Gasteiger partial charge is 0.0412 e. The minimum Gasteiger partial charge on any atom is -0.0843 e. The van der Waals surface area contributed by atoms with Crippen LogP contribution in [0.2, 0.25) is 5.02 Å². The molecule has 0 fully saturated rings. The van der Waals surface area contributed by atoms with Crippen molar-refractivity contribution in [1.82, 2.24) is 0 Å². The molecule has 62 valence electrons. The topological polar surface area (TPSA) is 0 Å². The van der Waals surface area contributed by atoms with Crippen molar-refractivity contribution in [3.63, 3.8) is 0 Å². The van der Waals surface area contributed by atoms with Gasteiger partial charge in [-0.2, -0.15) is 0 Å². The molecule has 1 aliphatic rings. The van der Waals surface area contributed by atoms with Gasteiger partial charge in [-0.3, -0.25) is 0 Å². The molecule has 0 amide bonds. The molecular formula is C10H8BrCl. The lowest BCUT2D eigenvalue weighted by atomic mass is 9.98. The third-order valence-electron chi connectivity index (χ3n) is 2.05. The van der Waals surface area contributed by atoms with Crippen molar-refractivity contribution < 1.29 is 0 Å². The molecule has 2 heteroatoms. The number of hydrogen-bond acceptors (Lipinski definition) is 0. The third-order valence-corrected chi connectivity index (χ3v) is 2.91. The number of rotatable bonds is 0. The second-order valence-corrected chi connectivity index (χ2v) is 4.39. The van der Waals surface area contributed by atoms with Crippen LogP contribution in [-0.4, -0.2) is 0 Å². The van der Waals surface area contributed by atoms with Crippen LogP contribution in [0.1, 0.15) is 17.5 Å². The van der Waals surface area contributed by atoms with Crippen LogP contribution in [0.3, 0.4) is 0 Å². The second-order valence-electron chi connectivity index (χ2n) is 2.93. The first-order valence-corrected chi connectivity index (χ1v) is 5.07. The molecule has 1 aliphatic carbocycles. The summed E-state index contributed by atoms with van der Waals surface area (Å²) in [6, 6.07) is 6.07. The van der Waals surface area contributed by atoms with Gasteiger partial charge in [0.15, 0.2) is 0 Å². The summed E-state index contributed by atoms with van der Waals surface area (Å²) in [5, 5.41) is 0.812. The van der Waals surface area contributed by atoms with E-state index in [-0.39, 0.29) is 0 Å². The maximum absolute atomic E-state index is 5.88. The second kappa shape index (κ2) is 3.23. The number of fused-ring (bicyclic) bond motifs is 1. The Labute approximate surface area is 85.4 Å². The van der Waals surface area contributed by atoms with Gasteiger partial charge in [-0.1, -0.05) is 33.6 Å². The Bertz CT molecular complexity index is 342. The molecule has 1 aromatic carbocycles. The van der Waals surface area contributed by atoms with Crippen LogP contribution in [0.5, 0.6) is 0 Å². The molecule has 0 saturated heterocycles. The fourth-order valence-corrected chi connectivity index (χ4v) is 2.05. The van der Waals surface area contributed by atoms with E-state index in [0.29, 0.717) is 0 Å². The van der Waals surface area contributed by atoms with Crippen LogP contribution in [-0.2, 0) is 6.42 Å². The first kappa shape index (κ1) is 8.33. The molecule has 0 heterocycles. The summed E-state index contributed by atoms with van der Waals surface area (Å²) < 4.78 is 1.26. The fourth-order valence-electron chi connectivity index (χ4n) is 1.42. The van der Waals surface area contributed by atoms with Crippen LogP contribution in [0.4, 0.5) is 0 Å². The minimum absolute atomic E-state index is 0.812. The highest BCUT2D eigenvalue weighted by Gasteiger charge is 2.07. The van der Waals surface area contributed by atoms with Crippen molar-refractivity contribution >= 4 is 33.6 Å². The van der Waals surface area contributed by atoms with E-state index in [9.17, 15) is 0 Å². The minimum atomic E-state index is 0.812. The van der Waals surface area contributed by atoms with E-state index < -0.39 is 0 Å². The Hall–Kier alpha value is -0.270. The van der Waals surface area contributed by atoms with E-state index in [1.807, 2.05) is 12.1 Å². The maximum atomic E-state index is 5.88. The lowest BCUT2D eigenvalue weighted by Gasteiger charge is -2.12. The van der Waals surface area contributed by atoms with Crippen molar-refractivity contribution in [2.24, 2.45) is 0 Å². The van der Waals surface area contributed by atoms with E-state index in [2.05, 4.69) is 28.1 Å². The van der Waals surface area contributed by atoms with Gasteiger partial charge in [0.2, 0.25) is 0 Å². The molecule has 2 rings (SSSR count). The first-order chi connectivity index (χ1) is 5.75. The van der Waals surface area contributed by atoms with Gasteiger partial charge < -0.3 is 0 Å². The highest BCUT2D eigenvalue weighted by atomic mass is 79.9. The third kappa shape index (κ3) is 1.57. The van der Waals surface area contributed by atoms with E-state index in [1.165, 1.54) is 15.6 Å². The zero-order chi connectivity index (χ0) is 8.55. The number of halogens is 2. The highest BCUT2D eigenvalue weighted by molar-refractivity contribution is 9.11. The van der Waals surface area contributed by atoms with E-state index in [1.54, 1.807) is 0 Å². The van der Waals surface area contributed by atoms with Gasteiger partial charge in [-0.05, 0) is 46.7 Å². The largest absolute Gasteiger partial charge is 0.0843 e. The quantitative estimate of drug-likeness (QED) is 0.645. The molecule has 12 heavy (non-hydrogen) atoms. The molecule has 0 saturated carbocycles. The summed E-state index contributed by atoms with van der Waals surface area (Å²) in [7, 11) is 0. The number of aryl methyl sites for hydroxylation is 1. The van der Waals surface area contributed by atoms with Crippen molar-refractivity contribution in [2.75, 3.05) is 0 Å². The van der Waals surface area contributed by atoms with Gasteiger partial charge in [-0.15, -0.1) is 0 Å². The lowest BCUT2D eigenvalue weighted by molar-refractivity contribution is 0.977. The molecule has 1 aromatic rings. The average Bonchev–Trinajstić information content (AvgIpc) is 2.03. The Balaban J connectivity index is 2.53. The van der Waals surface area contributed by atoms with Crippen molar-refractivity contribution in [3.05, 3.63) is 38.8 Å². The van der Waals surface area contributed by atoms with Crippen LogP contribution < -0.4 is 0 Å². The summed E-state index contributed by atoms with van der Waals surface area (Å²) in [5.74, 6) is 0. The van der Waals surface area contributed by atoms with Gasteiger partial charge in [0, 0.05) is 5.02 Å². The average molecular weight is 244 g/mol. The zero-order valence-corrected chi connectivity index (χ0v) is 8.82. The van der Waals surface area contributed by atoms with Gasteiger partial charge in [0.05, 0.1) is 0 Å². The van der Waals surface area contributed by atoms with E-state index >= 15 is 0 Å². The molecule has 0 aromatic heterocycles. The normalized spacial score (nSPS) is 15.3. The summed E-state index contributed by atoms with van der Waals surface area (Å²) in [6.07, 6.45) is 4.36. The van der Waals surface area contributed by atoms with Crippen LogP contribution in [0, 0.1) is 0 Å².